The molecule has 0 aliphatic heterocycles. The van der Waals surface area contributed by atoms with Crippen LogP contribution in [0.5, 0.6) is 0 Å². The first-order valence-corrected chi connectivity index (χ1v) is 6.04. The Morgan fingerprint density at radius 1 is 1.06 bits per heavy atom. The quantitative estimate of drug-likeness (QED) is 0.925. The average Bonchev–Trinajstić information content (AvgIpc) is 2.33. The lowest BCUT2D eigenvalue weighted by molar-refractivity contribution is 0.961. The van der Waals surface area contributed by atoms with E-state index in [2.05, 4.69) is 32.3 Å². The highest BCUT2D eigenvalue weighted by Gasteiger charge is 1.97. The molecular formula is C13H13BrN2. The third kappa shape index (κ3) is 3.07. The van der Waals surface area contributed by atoms with E-state index in [-0.39, 0.29) is 0 Å². The molecule has 1 N–H and O–H groups in total. The Labute approximate surface area is 104 Å². The molecule has 0 radical (unpaired) electrons. The lowest BCUT2D eigenvalue weighted by atomic mass is 10.2. The first kappa shape index (κ1) is 11.1. The van der Waals surface area contributed by atoms with E-state index < -0.39 is 0 Å². The van der Waals surface area contributed by atoms with Gasteiger partial charge in [-0.2, -0.15) is 0 Å². The van der Waals surface area contributed by atoms with Crippen molar-refractivity contribution in [2.24, 2.45) is 0 Å². The molecule has 2 rings (SSSR count). The fourth-order valence-corrected chi connectivity index (χ4v) is 1.90. The molecule has 0 fully saturated rings. The maximum absolute atomic E-state index is 4.28. The molecule has 1 aromatic heterocycles. The molecule has 82 valence electrons. The summed E-state index contributed by atoms with van der Waals surface area (Å²) in [7, 11) is 0. The topological polar surface area (TPSA) is 24.9 Å². The maximum Gasteiger partial charge on any atom is 0.0484 e. The Morgan fingerprint density at radius 2 is 1.88 bits per heavy atom. The number of aromatic nitrogens is 1. The summed E-state index contributed by atoms with van der Waals surface area (Å²) in [4.78, 5) is 4.28. The average molecular weight is 277 g/mol. The molecule has 0 amide bonds. The monoisotopic (exact) mass is 276 g/mol. The molecular weight excluding hydrogens is 264 g/mol. The van der Waals surface area contributed by atoms with Crippen LogP contribution in [0.1, 0.15) is 5.69 Å². The van der Waals surface area contributed by atoms with Crippen LogP contribution >= 0.6 is 15.9 Å². The number of rotatable bonds is 4. The Bertz CT molecular complexity index is 443. The minimum Gasteiger partial charge on any atom is -0.384 e. The van der Waals surface area contributed by atoms with Gasteiger partial charge in [-0.3, -0.25) is 4.98 Å². The van der Waals surface area contributed by atoms with Crippen LogP contribution in [0.15, 0.2) is 53.1 Å². The molecule has 0 saturated carbocycles. The zero-order valence-electron chi connectivity index (χ0n) is 8.86. The lowest BCUT2D eigenvalue weighted by Crippen LogP contribution is -2.06. The summed E-state index contributed by atoms with van der Waals surface area (Å²) in [5.41, 5.74) is 2.24. The van der Waals surface area contributed by atoms with Gasteiger partial charge >= 0.3 is 0 Å². The van der Waals surface area contributed by atoms with Gasteiger partial charge in [0.1, 0.15) is 0 Å². The first-order valence-electron chi connectivity index (χ1n) is 5.24. The fraction of sp³-hybridized carbons (Fsp3) is 0.154. The first-order chi connectivity index (χ1) is 7.86. The number of hydrogen-bond acceptors (Lipinski definition) is 2. The Kier molecular flexibility index (Phi) is 3.94. The van der Waals surface area contributed by atoms with Crippen LogP contribution in [0.2, 0.25) is 0 Å². The van der Waals surface area contributed by atoms with Crippen LogP contribution in [0, 0.1) is 0 Å². The van der Waals surface area contributed by atoms with Gasteiger partial charge in [0.25, 0.3) is 0 Å². The van der Waals surface area contributed by atoms with Gasteiger partial charge in [0.15, 0.2) is 0 Å². The number of para-hydroxylation sites is 1. The summed E-state index contributed by atoms with van der Waals surface area (Å²) in [6.45, 7) is 0.889. The zero-order valence-corrected chi connectivity index (χ0v) is 10.4. The second-order valence-electron chi connectivity index (χ2n) is 3.48. The second kappa shape index (κ2) is 5.66. The van der Waals surface area contributed by atoms with Gasteiger partial charge in [0.2, 0.25) is 0 Å². The zero-order chi connectivity index (χ0) is 11.2. The summed E-state index contributed by atoms with van der Waals surface area (Å²) in [6.07, 6.45) is 2.76. The van der Waals surface area contributed by atoms with Crippen LogP contribution in [0.25, 0.3) is 0 Å². The summed E-state index contributed by atoms with van der Waals surface area (Å²) in [5.74, 6) is 0. The minimum absolute atomic E-state index is 0.889. The molecule has 1 aromatic carbocycles. The van der Waals surface area contributed by atoms with Crippen LogP contribution in [0.4, 0.5) is 5.69 Å². The molecule has 0 atom stereocenters. The van der Waals surface area contributed by atoms with Crippen molar-refractivity contribution in [3.63, 3.8) is 0 Å². The molecule has 3 heteroatoms. The summed E-state index contributed by atoms with van der Waals surface area (Å²) in [6, 6.07) is 14.1. The molecule has 0 aliphatic rings. The standard InChI is InChI=1S/C13H13BrN2/c14-12-6-1-2-7-13(12)16-10-8-11-5-3-4-9-15-11/h1-7,9,16H,8,10H2. The predicted octanol–water partition coefficient (Wildman–Crippen LogP) is 3.50. The highest BCUT2D eigenvalue weighted by Crippen LogP contribution is 2.20. The Hall–Kier alpha value is -1.35. The van der Waals surface area contributed by atoms with E-state index in [4.69, 9.17) is 0 Å². The smallest absolute Gasteiger partial charge is 0.0484 e. The number of hydrogen-bond donors (Lipinski definition) is 1. The van der Waals surface area contributed by atoms with Crippen LogP contribution in [0.3, 0.4) is 0 Å². The Morgan fingerprint density at radius 3 is 2.62 bits per heavy atom. The van der Waals surface area contributed by atoms with Crippen molar-refractivity contribution in [2.75, 3.05) is 11.9 Å². The van der Waals surface area contributed by atoms with Gasteiger partial charge in [0, 0.05) is 35.0 Å². The van der Waals surface area contributed by atoms with Gasteiger partial charge in [-0.1, -0.05) is 18.2 Å². The van der Waals surface area contributed by atoms with E-state index in [0.717, 1.165) is 28.8 Å². The molecule has 16 heavy (non-hydrogen) atoms. The summed E-state index contributed by atoms with van der Waals surface area (Å²) >= 11 is 3.50. The van der Waals surface area contributed by atoms with Crippen molar-refractivity contribution in [1.82, 2.24) is 4.98 Å². The van der Waals surface area contributed by atoms with Gasteiger partial charge < -0.3 is 5.32 Å². The third-order valence-electron chi connectivity index (χ3n) is 2.30. The molecule has 1 heterocycles. The van der Waals surface area contributed by atoms with Gasteiger partial charge in [-0.15, -0.1) is 0 Å². The number of nitrogens with zero attached hydrogens (tertiary/aromatic N) is 1. The van der Waals surface area contributed by atoms with Crippen molar-refractivity contribution >= 4 is 21.6 Å². The number of anilines is 1. The van der Waals surface area contributed by atoms with E-state index in [1.54, 1.807) is 0 Å². The van der Waals surface area contributed by atoms with E-state index >= 15 is 0 Å². The SMILES string of the molecule is Brc1ccccc1NCCc1ccccn1. The van der Waals surface area contributed by atoms with Crippen LogP contribution in [-0.4, -0.2) is 11.5 Å². The van der Waals surface area contributed by atoms with E-state index in [9.17, 15) is 0 Å². The maximum atomic E-state index is 4.28. The number of halogens is 1. The minimum atomic E-state index is 0.889. The number of pyridine rings is 1. The molecule has 2 nitrogen and oxygen atoms in total. The van der Waals surface area contributed by atoms with E-state index in [1.165, 1.54) is 0 Å². The molecule has 0 saturated heterocycles. The Balaban J connectivity index is 1.87. The van der Waals surface area contributed by atoms with Gasteiger partial charge in [0.05, 0.1) is 0 Å². The van der Waals surface area contributed by atoms with Gasteiger partial charge in [-0.05, 0) is 40.2 Å². The molecule has 0 bridgehead atoms. The van der Waals surface area contributed by atoms with Crippen molar-refractivity contribution in [3.05, 3.63) is 58.8 Å². The van der Waals surface area contributed by atoms with Crippen LogP contribution < -0.4 is 5.32 Å². The van der Waals surface area contributed by atoms with E-state index in [1.807, 2.05) is 42.6 Å². The molecule has 0 unspecified atom stereocenters. The molecule has 0 aliphatic carbocycles. The van der Waals surface area contributed by atoms with Crippen LogP contribution in [-0.2, 0) is 6.42 Å². The van der Waals surface area contributed by atoms with Crippen molar-refractivity contribution in [1.29, 1.82) is 0 Å². The highest BCUT2D eigenvalue weighted by atomic mass is 79.9. The summed E-state index contributed by atoms with van der Waals surface area (Å²) in [5, 5.41) is 3.37. The van der Waals surface area contributed by atoms with Crippen molar-refractivity contribution in [2.45, 2.75) is 6.42 Å². The van der Waals surface area contributed by atoms with Crippen molar-refractivity contribution < 1.29 is 0 Å². The lowest BCUT2D eigenvalue weighted by Gasteiger charge is -2.07. The molecule has 0 spiro atoms. The normalized spacial score (nSPS) is 10.1. The fourth-order valence-electron chi connectivity index (χ4n) is 1.48. The second-order valence-corrected chi connectivity index (χ2v) is 4.33. The number of benzene rings is 1. The largest absolute Gasteiger partial charge is 0.384 e. The van der Waals surface area contributed by atoms with Gasteiger partial charge in [-0.25, -0.2) is 0 Å². The number of nitrogens with one attached hydrogen (secondary N) is 1. The molecule has 2 aromatic rings. The van der Waals surface area contributed by atoms with Crippen molar-refractivity contribution in [3.8, 4) is 0 Å². The highest BCUT2D eigenvalue weighted by molar-refractivity contribution is 9.10. The van der Waals surface area contributed by atoms with E-state index in [0.29, 0.717) is 0 Å². The summed E-state index contributed by atoms with van der Waals surface area (Å²) < 4.78 is 1.09. The third-order valence-corrected chi connectivity index (χ3v) is 2.99. The predicted molar refractivity (Wildman–Crippen MR) is 70.6 cm³/mol.